The van der Waals surface area contributed by atoms with Gasteiger partial charge < -0.3 is 15.0 Å². The number of carbonyl (C=O) groups is 2. The zero-order chi connectivity index (χ0) is 29.4. The minimum absolute atomic E-state index is 0.108. The number of hydrogen-bond donors (Lipinski definition) is 1. The first-order valence-electron chi connectivity index (χ1n) is 14.1. The molecule has 3 aromatic rings. The molecule has 1 N–H and O–H groups in total. The maximum atomic E-state index is 14.0. The molecule has 4 rings (SSSR count). The van der Waals surface area contributed by atoms with E-state index in [1.54, 1.807) is 24.3 Å². The van der Waals surface area contributed by atoms with Crippen LogP contribution in [0.4, 0.5) is 5.69 Å². The first kappa shape index (κ1) is 30.1. The van der Waals surface area contributed by atoms with Crippen LogP contribution in [-0.2, 0) is 26.2 Å². The molecule has 41 heavy (non-hydrogen) atoms. The van der Waals surface area contributed by atoms with Gasteiger partial charge in [0, 0.05) is 12.6 Å². The van der Waals surface area contributed by atoms with Gasteiger partial charge in [-0.2, -0.15) is 0 Å². The predicted molar refractivity (Wildman–Crippen MR) is 161 cm³/mol. The molecular weight excluding hydrogens is 538 g/mol. The lowest BCUT2D eigenvalue weighted by Crippen LogP contribution is -2.53. The molecule has 3 aromatic carbocycles. The minimum atomic E-state index is -3.83. The minimum Gasteiger partial charge on any atom is -0.457 e. The molecule has 2 amide bonds. The van der Waals surface area contributed by atoms with Crippen LogP contribution in [0, 0.1) is 6.92 Å². The Kier molecular flexibility index (Phi) is 10.0. The lowest BCUT2D eigenvalue weighted by atomic mass is 10.1. The van der Waals surface area contributed by atoms with Crippen LogP contribution >= 0.6 is 0 Å². The van der Waals surface area contributed by atoms with Crippen molar-refractivity contribution >= 4 is 27.5 Å². The Bertz CT molecular complexity index is 1420. The Morgan fingerprint density at radius 2 is 1.54 bits per heavy atom. The number of hydrogen-bond acceptors (Lipinski definition) is 5. The fourth-order valence-corrected chi connectivity index (χ4v) is 6.03. The molecule has 1 aliphatic rings. The van der Waals surface area contributed by atoms with Crippen LogP contribution in [0.2, 0.25) is 0 Å². The van der Waals surface area contributed by atoms with Gasteiger partial charge in [0.25, 0.3) is 0 Å². The lowest BCUT2D eigenvalue weighted by Gasteiger charge is -2.33. The van der Waals surface area contributed by atoms with Gasteiger partial charge in [-0.25, -0.2) is 8.42 Å². The molecule has 8 nitrogen and oxygen atoms in total. The first-order valence-corrected chi connectivity index (χ1v) is 16.0. The van der Waals surface area contributed by atoms with E-state index in [0.717, 1.165) is 47.4 Å². The summed E-state index contributed by atoms with van der Waals surface area (Å²) in [6.45, 7) is 3.59. The van der Waals surface area contributed by atoms with Crippen molar-refractivity contribution in [2.75, 3.05) is 17.1 Å². The van der Waals surface area contributed by atoms with Gasteiger partial charge in [0.15, 0.2) is 0 Å². The maximum absolute atomic E-state index is 14.0. The first-order chi connectivity index (χ1) is 19.7. The number of anilines is 1. The second kappa shape index (κ2) is 13.7. The molecule has 1 fully saturated rings. The number of nitrogens with zero attached hydrogens (tertiary/aromatic N) is 2. The molecule has 0 spiro atoms. The van der Waals surface area contributed by atoms with Crippen molar-refractivity contribution in [2.45, 2.75) is 64.6 Å². The standard InChI is InChI=1S/C32H39N3O5S/c1-4-30(32(37)33-26-14-10-11-15-26)34(22-25-13-9-8-12-24(25)2)31(36)23-35(41(3,38)39)27-18-20-29(21-19-27)40-28-16-6-5-7-17-28/h5-9,12-13,16-21,26,30H,4,10-11,14-15,22-23H2,1-3H3,(H,33,37). The topological polar surface area (TPSA) is 96.0 Å². The van der Waals surface area contributed by atoms with Crippen LogP contribution in [0.15, 0.2) is 78.9 Å². The van der Waals surface area contributed by atoms with E-state index in [2.05, 4.69) is 5.32 Å². The van der Waals surface area contributed by atoms with Crippen LogP contribution in [0.1, 0.15) is 50.2 Å². The number of amides is 2. The highest BCUT2D eigenvalue weighted by atomic mass is 32.2. The number of carbonyl (C=O) groups excluding carboxylic acids is 2. The highest BCUT2D eigenvalue weighted by Crippen LogP contribution is 2.26. The molecule has 0 aromatic heterocycles. The second-order valence-electron chi connectivity index (χ2n) is 10.5. The highest BCUT2D eigenvalue weighted by molar-refractivity contribution is 7.92. The van der Waals surface area contributed by atoms with Gasteiger partial charge in [-0.1, -0.05) is 62.2 Å². The molecule has 0 aliphatic heterocycles. The molecule has 9 heteroatoms. The average Bonchev–Trinajstić information content (AvgIpc) is 3.46. The van der Waals surface area contributed by atoms with Crippen LogP contribution in [-0.4, -0.2) is 50.0 Å². The number of ether oxygens (including phenoxy) is 1. The quantitative estimate of drug-likeness (QED) is 0.310. The van der Waals surface area contributed by atoms with Gasteiger partial charge in [-0.15, -0.1) is 0 Å². The Balaban J connectivity index is 1.59. The zero-order valence-electron chi connectivity index (χ0n) is 24.0. The summed E-state index contributed by atoms with van der Waals surface area (Å²) in [5.74, 6) is 0.547. The van der Waals surface area contributed by atoms with E-state index in [1.807, 2.05) is 68.4 Å². The van der Waals surface area contributed by atoms with Crippen molar-refractivity contribution in [3.63, 3.8) is 0 Å². The molecule has 218 valence electrons. The van der Waals surface area contributed by atoms with Crippen molar-refractivity contribution in [3.8, 4) is 11.5 Å². The summed E-state index contributed by atoms with van der Waals surface area (Å²) < 4.78 is 32.8. The number of sulfonamides is 1. The Morgan fingerprint density at radius 1 is 0.927 bits per heavy atom. The summed E-state index contributed by atoms with van der Waals surface area (Å²) in [7, 11) is -3.83. The Hall–Kier alpha value is -3.85. The van der Waals surface area contributed by atoms with Crippen LogP contribution < -0.4 is 14.4 Å². The van der Waals surface area contributed by atoms with Gasteiger partial charge in [0.1, 0.15) is 24.1 Å². The fraction of sp³-hybridized carbons (Fsp3) is 0.375. The largest absolute Gasteiger partial charge is 0.457 e. The number of benzene rings is 3. The molecule has 1 atom stereocenters. The predicted octanol–water partition coefficient (Wildman–Crippen LogP) is 5.42. The van der Waals surface area contributed by atoms with E-state index in [1.165, 1.54) is 4.90 Å². The van der Waals surface area contributed by atoms with Crippen LogP contribution in [0.3, 0.4) is 0 Å². The van der Waals surface area contributed by atoms with Gasteiger partial charge in [-0.05, 0) is 73.7 Å². The molecule has 1 unspecified atom stereocenters. The Morgan fingerprint density at radius 3 is 2.15 bits per heavy atom. The summed E-state index contributed by atoms with van der Waals surface area (Å²) >= 11 is 0. The highest BCUT2D eigenvalue weighted by Gasteiger charge is 2.33. The van der Waals surface area contributed by atoms with Crippen molar-refractivity contribution in [1.82, 2.24) is 10.2 Å². The number of aryl methyl sites for hydroxylation is 1. The van der Waals surface area contributed by atoms with E-state index in [-0.39, 0.29) is 18.5 Å². The maximum Gasteiger partial charge on any atom is 0.244 e. The summed E-state index contributed by atoms with van der Waals surface area (Å²) in [5, 5.41) is 3.13. The fourth-order valence-electron chi connectivity index (χ4n) is 5.18. The summed E-state index contributed by atoms with van der Waals surface area (Å²) in [4.78, 5) is 28.9. The van der Waals surface area contributed by atoms with Crippen molar-refractivity contribution < 1.29 is 22.7 Å². The van der Waals surface area contributed by atoms with E-state index in [9.17, 15) is 18.0 Å². The zero-order valence-corrected chi connectivity index (χ0v) is 24.8. The van der Waals surface area contributed by atoms with Gasteiger partial charge in [0.2, 0.25) is 21.8 Å². The SMILES string of the molecule is CCC(C(=O)NC1CCCC1)N(Cc1ccccc1C)C(=O)CN(c1ccc(Oc2ccccc2)cc1)S(C)(=O)=O. The summed E-state index contributed by atoms with van der Waals surface area (Å²) in [5.41, 5.74) is 2.23. The molecule has 1 saturated carbocycles. The van der Waals surface area contributed by atoms with E-state index < -0.39 is 28.5 Å². The monoisotopic (exact) mass is 577 g/mol. The lowest BCUT2D eigenvalue weighted by molar-refractivity contribution is -0.140. The number of nitrogens with one attached hydrogen (secondary N) is 1. The Labute approximate surface area is 243 Å². The molecule has 1 aliphatic carbocycles. The van der Waals surface area contributed by atoms with Gasteiger partial charge in [0.05, 0.1) is 11.9 Å². The molecule has 0 saturated heterocycles. The molecular formula is C32H39N3O5S. The van der Waals surface area contributed by atoms with Crippen molar-refractivity contribution in [2.24, 2.45) is 0 Å². The number of rotatable bonds is 12. The van der Waals surface area contributed by atoms with Crippen LogP contribution in [0.5, 0.6) is 11.5 Å². The van der Waals surface area contributed by atoms with Crippen LogP contribution in [0.25, 0.3) is 0 Å². The third-order valence-corrected chi connectivity index (χ3v) is 8.61. The van der Waals surface area contributed by atoms with Crippen molar-refractivity contribution in [1.29, 1.82) is 0 Å². The molecule has 0 radical (unpaired) electrons. The molecule has 0 bridgehead atoms. The number of para-hydroxylation sites is 1. The average molecular weight is 578 g/mol. The van der Waals surface area contributed by atoms with E-state index in [4.69, 9.17) is 4.74 Å². The van der Waals surface area contributed by atoms with Gasteiger partial charge in [-0.3, -0.25) is 13.9 Å². The summed E-state index contributed by atoms with van der Waals surface area (Å²) in [6.07, 6.45) is 5.49. The van der Waals surface area contributed by atoms with E-state index >= 15 is 0 Å². The van der Waals surface area contributed by atoms with E-state index in [0.29, 0.717) is 23.6 Å². The second-order valence-corrected chi connectivity index (χ2v) is 12.4. The molecule has 0 heterocycles. The summed E-state index contributed by atoms with van der Waals surface area (Å²) in [6, 6.07) is 22.9. The van der Waals surface area contributed by atoms with Gasteiger partial charge >= 0.3 is 0 Å². The smallest absolute Gasteiger partial charge is 0.244 e. The third-order valence-electron chi connectivity index (χ3n) is 7.47. The third kappa shape index (κ3) is 8.10. The van der Waals surface area contributed by atoms with Crippen molar-refractivity contribution in [3.05, 3.63) is 90.0 Å². The normalized spacial score (nSPS) is 14.3.